The van der Waals surface area contributed by atoms with E-state index in [0.717, 1.165) is 18.9 Å². The Hall–Kier alpha value is -1.03. The standard InChI is InChI=1S/C9H13ClN4/c10-7-6-8(13-9(11)12-7)14-4-2-1-3-5-14/h6H,1-5H2,(H2,11,12,13). The van der Waals surface area contributed by atoms with Gasteiger partial charge in [0.2, 0.25) is 5.95 Å². The predicted octanol–water partition coefficient (Wildman–Crippen LogP) is 1.70. The summed E-state index contributed by atoms with van der Waals surface area (Å²) < 4.78 is 0. The number of anilines is 2. The van der Waals surface area contributed by atoms with Gasteiger partial charge in [0.25, 0.3) is 0 Å². The van der Waals surface area contributed by atoms with E-state index in [4.69, 9.17) is 17.3 Å². The van der Waals surface area contributed by atoms with Crippen molar-refractivity contribution in [2.45, 2.75) is 19.3 Å². The lowest BCUT2D eigenvalue weighted by Gasteiger charge is -2.27. The first-order valence-corrected chi connectivity index (χ1v) is 5.18. The Morgan fingerprint density at radius 3 is 2.57 bits per heavy atom. The Balaban J connectivity index is 2.21. The summed E-state index contributed by atoms with van der Waals surface area (Å²) in [7, 11) is 0. The third-order valence-electron chi connectivity index (χ3n) is 2.38. The number of nitrogen functional groups attached to an aromatic ring is 1. The highest BCUT2D eigenvalue weighted by molar-refractivity contribution is 6.29. The van der Waals surface area contributed by atoms with Crippen molar-refractivity contribution in [3.05, 3.63) is 11.2 Å². The molecule has 1 fully saturated rings. The van der Waals surface area contributed by atoms with E-state index < -0.39 is 0 Å². The van der Waals surface area contributed by atoms with E-state index >= 15 is 0 Å². The van der Waals surface area contributed by atoms with Gasteiger partial charge < -0.3 is 10.6 Å². The number of hydrogen-bond acceptors (Lipinski definition) is 4. The van der Waals surface area contributed by atoms with Gasteiger partial charge in [-0.1, -0.05) is 11.6 Å². The van der Waals surface area contributed by atoms with Gasteiger partial charge >= 0.3 is 0 Å². The van der Waals surface area contributed by atoms with Crippen LogP contribution < -0.4 is 10.6 Å². The van der Waals surface area contributed by atoms with Crippen LogP contribution in [0.25, 0.3) is 0 Å². The molecule has 1 saturated heterocycles. The molecule has 5 heteroatoms. The van der Waals surface area contributed by atoms with Crippen molar-refractivity contribution in [2.75, 3.05) is 23.7 Å². The first-order valence-electron chi connectivity index (χ1n) is 4.81. The lowest BCUT2D eigenvalue weighted by Crippen LogP contribution is -2.30. The van der Waals surface area contributed by atoms with Gasteiger partial charge in [0.15, 0.2) is 0 Å². The van der Waals surface area contributed by atoms with Crippen LogP contribution in [0.2, 0.25) is 5.15 Å². The van der Waals surface area contributed by atoms with Crippen LogP contribution in [-0.2, 0) is 0 Å². The normalized spacial score (nSPS) is 17.1. The summed E-state index contributed by atoms with van der Waals surface area (Å²) in [5.74, 6) is 1.10. The van der Waals surface area contributed by atoms with Crippen LogP contribution in [-0.4, -0.2) is 23.1 Å². The molecule has 1 aromatic heterocycles. The molecular weight excluding hydrogens is 200 g/mol. The molecule has 0 radical (unpaired) electrons. The molecule has 0 amide bonds. The van der Waals surface area contributed by atoms with Gasteiger partial charge in [0, 0.05) is 19.2 Å². The van der Waals surface area contributed by atoms with Crippen molar-refractivity contribution in [3.63, 3.8) is 0 Å². The second-order valence-electron chi connectivity index (χ2n) is 3.45. The number of halogens is 1. The molecule has 76 valence electrons. The Bertz CT molecular complexity index is 302. The van der Waals surface area contributed by atoms with Crippen molar-refractivity contribution >= 4 is 23.4 Å². The van der Waals surface area contributed by atoms with Gasteiger partial charge in [-0.05, 0) is 19.3 Å². The summed E-state index contributed by atoms with van der Waals surface area (Å²) in [6, 6.07) is 1.77. The molecule has 0 aliphatic carbocycles. The zero-order valence-electron chi connectivity index (χ0n) is 7.91. The summed E-state index contributed by atoms with van der Waals surface area (Å²) in [5.41, 5.74) is 5.53. The van der Waals surface area contributed by atoms with Crippen LogP contribution in [0.4, 0.5) is 11.8 Å². The lowest BCUT2D eigenvalue weighted by atomic mass is 10.1. The van der Waals surface area contributed by atoms with E-state index in [-0.39, 0.29) is 5.95 Å². The maximum Gasteiger partial charge on any atom is 0.223 e. The topological polar surface area (TPSA) is 55.0 Å². The summed E-state index contributed by atoms with van der Waals surface area (Å²) in [6.07, 6.45) is 3.72. The van der Waals surface area contributed by atoms with Crippen LogP contribution in [0.5, 0.6) is 0 Å². The number of piperidine rings is 1. The summed E-state index contributed by atoms with van der Waals surface area (Å²) in [4.78, 5) is 10.2. The summed E-state index contributed by atoms with van der Waals surface area (Å²) in [6.45, 7) is 2.07. The van der Waals surface area contributed by atoms with Crippen LogP contribution in [0.3, 0.4) is 0 Å². The molecule has 2 N–H and O–H groups in total. The molecule has 0 aromatic carbocycles. The predicted molar refractivity (Wildman–Crippen MR) is 57.5 cm³/mol. The van der Waals surface area contributed by atoms with Gasteiger partial charge in [0.05, 0.1) is 0 Å². The van der Waals surface area contributed by atoms with E-state index in [1.54, 1.807) is 6.07 Å². The fourth-order valence-electron chi connectivity index (χ4n) is 1.71. The van der Waals surface area contributed by atoms with Crippen LogP contribution in [0.15, 0.2) is 6.07 Å². The fraction of sp³-hybridized carbons (Fsp3) is 0.556. The maximum atomic E-state index is 5.81. The van der Waals surface area contributed by atoms with Gasteiger partial charge in [-0.25, -0.2) is 4.98 Å². The third kappa shape index (κ3) is 2.07. The molecule has 1 aromatic rings. The van der Waals surface area contributed by atoms with Crippen molar-refractivity contribution in [2.24, 2.45) is 0 Å². The van der Waals surface area contributed by atoms with E-state index in [0.29, 0.717) is 5.15 Å². The molecule has 0 bridgehead atoms. The molecule has 14 heavy (non-hydrogen) atoms. The second kappa shape index (κ2) is 4.00. The SMILES string of the molecule is Nc1nc(Cl)cc(N2CCCCC2)n1. The van der Waals surface area contributed by atoms with Crippen molar-refractivity contribution in [1.82, 2.24) is 9.97 Å². The number of aromatic nitrogens is 2. The summed E-state index contributed by atoms with van der Waals surface area (Å²) in [5, 5.41) is 0.415. The average molecular weight is 213 g/mol. The molecule has 2 rings (SSSR count). The molecule has 2 heterocycles. The average Bonchev–Trinajstić information content (AvgIpc) is 2.18. The fourth-order valence-corrected chi connectivity index (χ4v) is 1.89. The first-order chi connectivity index (χ1) is 6.75. The minimum atomic E-state index is 0.248. The maximum absolute atomic E-state index is 5.81. The minimum Gasteiger partial charge on any atom is -0.368 e. The molecule has 0 unspecified atom stereocenters. The molecule has 0 saturated carbocycles. The molecular formula is C9H13ClN4. The van der Waals surface area contributed by atoms with Crippen LogP contribution in [0.1, 0.15) is 19.3 Å². The lowest BCUT2D eigenvalue weighted by molar-refractivity contribution is 0.573. The minimum absolute atomic E-state index is 0.248. The third-order valence-corrected chi connectivity index (χ3v) is 2.57. The van der Waals surface area contributed by atoms with Crippen molar-refractivity contribution in [3.8, 4) is 0 Å². The van der Waals surface area contributed by atoms with Gasteiger partial charge in [0.1, 0.15) is 11.0 Å². The Kier molecular flexibility index (Phi) is 2.72. The van der Waals surface area contributed by atoms with Crippen molar-refractivity contribution < 1.29 is 0 Å². The van der Waals surface area contributed by atoms with Gasteiger partial charge in [-0.3, -0.25) is 0 Å². The Morgan fingerprint density at radius 1 is 1.21 bits per heavy atom. The van der Waals surface area contributed by atoms with E-state index in [1.807, 2.05) is 0 Å². The number of nitrogens with two attached hydrogens (primary N) is 1. The highest BCUT2D eigenvalue weighted by atomic mass is 35.5. The van der Waals surface area contributed by atoms with Crippen molar-refractivity contribution in [1.29, 1.82) is 0 Å². The number of rotatable bonds is 1. The zero-order chi connectivity index (χ0) is 9.97. The van der Waals surface area contributed by atoms with Gasteiger partial charge in [-0.2, -0.15) is 4.98 Å². The van der Waals surface area contributed by atoms with Gasteiger partial charge in [-0.15, -0.1) is 0 Å². The highest BCUT2D eigenvalue weighted by Crippen LogP contribution is 2.20. The van der Waals surface area contributed by atoms with E-state index in [9.17, 15) is 0 Å². The molecule has 0 atom stereocenters. The summed E-state index contributed by atoms with van der Waals surface area (Å²) >= 11 is 5.81. The molecule has 4 nitrogen and oxygen atoms in total. The Morgan fingerprint density at radius 2 is 1.93 bits per heavy atom. The van der Waals surface area contributed by atoms with Crippen LogP contribution >= 0.6 is 11.6 Å². The molecule has 1 aliphatic rings. The van der Waals surface area contributed by atoms with E-state index in [1.165, 1.54) is 19.3 Å². The van der Waals surface area contributed by atoms with Crippen LogP contribution in [0, 0.1) is 0 Å². The highest BCUT2D eigenvalue weighted by Gasteiger charge is 2.13. The number of hydrogen-bond donors (Lipinski definition) is 1. The monoisotopic (exact) mass is 212 g/mol. The largest absolute Gasteiger partial charge is 0.368 e. The van der Waals surface area contributed by atoms with E-state index in [2.05, 4.69) is 14.9 Å². The smallest absolute Gasteiger partial charge is 0.223 e. The Labute approximate surface area is 88.1 Å². The quantitative estimate of drug-likeness (QED) is 0.720. The molecule has 0 spiro atoms. The first kappa shape index (κ1) is 9.52. The second-order valence-corrected chi connectivity index (χ2v) is 3.84. The number of nitrogens with zero attached hydrogens (tertiary/aromatic N) is 3. The molecule has 1 aliphatic heterocycles. The zero-order valence-corrected chi connectivity index (χ0v) is 8.67.